The standard InChI is InChI=1S/C27H31N7O3/c1-5-25(35)30-21-8-6-7-9-22(21)31-26-20(18(2)28-3)17-29-27(33-26)32-23-11-10-19(16-24(23)36-4)34-12-14-37-15-13-34/h5-11,16-17H,1,12-15H2,2-4H3,(H,30,35)(H2,29,31,32,33). The Bertz CT molecular complexity index is 1300. The second-order valence-electron chi connectivity index (χ2n) is 8.24. The molecule has 3 aromatic rings. The fourth-order valence-corrected chi connectivity index (χ4v) is 3.86. The summed E-state index contributed by atoms with van der Waals surface area (Å²) in [5, 5.41) is 9.40. The molecule has 192 valence electrons. The predicted molar refractivity (Wildman–Crippen MR) is 148 cm³/mol. The van der Waals surface area contributed by atoms with E-state index in [-0.39, 0.29) is 5.91 Å². The van der Waals surface area contributed by atoms with Gasteiger partial charge in [-0.15, -0.1) is 0 Å². The smallest absolute Gasteiger partial charge is 0.247 e. The van der Waals surface area contributed by atoms with Crippen LogP contribution in [-0.4, -0.2) is 62.0 Å². The van der Waals surface area contributed by atoms with Crippen molar-refractivity contribution in [1.82, 2.24) is 9.97 Å². The summed E-state index contributed by atoms with van der Waals surface area (Å²) in [5.74, 6) is 1.28. The van der Waals surface area contributed by atoms with Crippen LogP contribution < -0.4 is 25.6 Å². The number of para-hydroxylation sites is 2. The van der Waals surface area contributed by atoms with Crippen LogP contribution in [0.15, 0.2) is 66.3 Å². The maximum atomic E-state index is 11.9. The molecular formula is C27H31N7O3. The van der Waals surface area contributed by atoms with Crippen molar-refractivity contribution in [2.24, 2.45) is 4.99 Å². The fourth-order valence-electron chi connectivity index (χ4n) is 3.86. The third-order valence-electron chi connectivity index (χ3n) is 5.95. The van der Waals surface area contributed by atoms with Gasteiger partial charge in [-0.3, -0.25) is 9.79 Å². The number of morpholine rings is 1. The molecule has 1 amide bonds. The summed E-state index contributed by atoms with van der Waals surface area (Å²) in [6.45, 7) is 8.49. The van der Waals surface area contributed by atoms with Crippen LogP contribution in [0.5, 0.6) is 5.75 Å². The molecule has 1 aromatic heterocycles. The third kappa shape index (κ3) is 6.22. The van der Waals surface area contributed by atoms with E-state index in [1.807, 2.05) is 43.3 Å². The first kappa shape index (κ1) is 25.6. The number of aromatic nitrogens is 2. The summed E-state index contributed by atoms with van der Waals surface area (Å²) < 4.78 is 11.1. The molecule has 3 N–H and O–H groups in total. The average Bonchev–Trinajstić information content (AvgIpc) is 2.94. The average molecular weight is 502 g/mol. The second-order valence-corrected chi connectivity index (χ2v) is 8.24. The molecule has 0 radical (unpaired) electrons. The molecule has 10 heteroatoms. The zero-order valence-electron chi connectivity index (χ0n) is 21.2. The maximum absolute atomic E-state index is 11.9. The molecule has 1 aliphatic heterocycles. The zero-order valence-corrected chi connectivity index (χ0v) is 21.2. The lowest BCUT2D eigenvalue weighted by Crippen LogP contribution is -2.36. The van der Waals surface area contributed by atoms with Crippen molar-refractivity contribution in [3.05, 3.63) is 66.9 Å². The zero-order chi connectivity index (χ0) is 26.2. The van der Waals surface area contributed by atoms with Gasteiger partial charge in [-0.2, -0.15) is 4.98 Å². The summed E-state index contributed by atoms with van der Waals surface area (Å²) >= 11 is 0. The molecular weight excluding hydrogens is 470 g/mol. The van der Waals surface area contributed by atoms with Crippen molar-refractivity contribution in [2.75, 3.05) is 61.3 Å². The number of carbonyl (C=O) groups is 1. The quantitative estimate of drug-likeness (QED) is 0.293. The summed E-state index contributed by atoms with van der Waals surface area (Å²) in [7, 11) is 3.35. The van der Waals surface area contributed by atoms with E-state index in [0.29, 0.717) is 42.1 Å². The molecule has 2 heterocycles. The summed E-state index contributed by atoms with van der Waals surface area (Å²) in [6.07, 6.45) is 2.93. The van der Waals surface area contributed by atoms with Crippen LogP contribution in [0.1, 0.15) is 12.5 Å². The van der Waals surface area contributed by atoms with Crippen LogP contribution in [-0.2, 0) is 9.53 Å². The molecule has 0 bridgehead atoms. The van der Waals surface area contributed by atoms with Gasteiger partial charge in [0.15, 0.2) is 0 Å². The van der Waals surface area contributed by atoms with Crippen molar-refractivity contribution >= 4 is 46.1 Å². The molecule has 2 aromatic carbocycles. The monoisotopic (exact) mass is 501 g/mol. The van der Waals surface area contributed by atoms with Crippen LogP contribution in [0.4, 0.5) is 34.5 Å². The highest BCUT2D eigenvalue weighted by Gasteiger charge is 2.16. The summed E-state index contributed by atoms with van der Waals surface area (Å²) in [6, 6.07) is 13.3. The van der Waals surface area contributed by atoms with E-state index in [2.05, 4.69) is 37.4 Å². The van der Waals surface area contributed by atoms with E-state index in [1.165, 1.54) is 6.08 Å². The Morgan fingerprint density at radius 2 is 1.89 bits per heavy atom. The van der Waals surface area contributed by atoms with Gasteiger partial charge >= 0.3 is 0 Å². The molecule has 1 saturated heterocycles. The molecule has 0 spiro atoms. The maximum Gasteiger partial charge on any atom is 0.247 e. The second kappa shape index (κ2) is 12.0. The molecule has 10 nitrogen and oxygen atoms in total. The minimum absolute atomic E-state index is 0.307. The Hall–Kier alpha value is -4.44. The summed E-state index contributed by atoms with van der Waals surface area (Å²) in [5.41, 5.74) is 4.55. The Labute approximate surface area is 216 Å². The number of anilines is 6. The van der Waals surface area contributed by atoms with Crippen molar-refractivity contribution < 1.29 is 14.3 Å². The van der Waals surface area contributed by atoms with E-state index < -0.39 is 0 Å². The van der Waals surface area contributed by atoms with Gasteiger partial charge in [0.05, 0.1) is 42.9 Å². The molecule has 0 unspecified atom stereocenters. The van der Waals surface area contributed by atoms with Crippen molar-refractivity contribution in [1.29, 1.82) is 0 Å². The molecule has 0 aliphatic carbocycles. The molecule has 37 heavy (non-hydrogen) atoms. The van der Waals surface area contributed by atoms with Gasteiger partial charge in [0, 0.05) is 43.8 Å². The Kier molecular flexibility index (Phi) is 8.32. The first-order valence-electron chi connectivity index (χ1n) is 11.9. The first-order chi connectivity index (χ1) is 18.0. The van der Waals surface area contributed by atoms with Gasteiger partial charge in [0.25, 0.3) is 0 Å². The number of aliphatic imine (C=N–C) groups is 1. The number of ether oxygens (including phenoxy) is 2. The van der Waals surface area contributed by atoms with Crippen LogP contribution in [0.2, 0.25) is 0 Å². The highest BCUT2D eigenvalue weighted by atomic mass is 16.5. The highest BCUT2D eigenvalue weighted by molar-refractivity contribution is 6.04. The number of carbonyl (C=O) groups excluding carboxylic acids is 1. The van der Waals surface area contributed by atoms with Crippen molar-refractivity contribution in [3.63, 3.8) is 0 Å². The van der Waals surface area contributed by atoms with Gasteiger partial charge < -0.3 is 30.3 Å². The van der Waals surface area contributed by atoms with Crippen LogP contribution >= 0.6 is 0 Å². The number of rotatable bonds is 9. The Morgan fingerprint density at radius 1 is 1.14 bits per heavy atom. The molecule has 0 atom stereocenters. The Balaban J connectivity index is 1.64. The lowest BCUT2D eigenvalue weighted by atomic mass is 10.2. The lowest BCUT2D eigenvalue weighted by molar-refractivity contribution is -0.111. The van der Waals surface area contributed by atoms with E-state index in [0.717, 1.165) is 35.7 Å². The van der Waals surface area contributed by atoms with E-state index in [4.69, 9.17) is 14.5 Å². The third-order valence-corrected chi connectivity index (χ3v) is 5.95. The molecule has 0 saturated carbocycles. The normalized spacial score (nSPS) is 13.6. The number of amides is 1. The van der Waals surface area contributed by atoms with Gasteiger partial charge in [-0.1, -0.05) is 18.7 Å². The van der Waals surface area contributed by atoms with Gasteiger partial charge in [-0.25, -0.2) is 4.98 Å². The topological polar surface area (TPSA) is 113 Å². The molecule has 4 rings (SSSR count). The van der Waals surface area contributed by atoms with E-state index in [1.54, 1.807) is 26.4 Å². The Morgan fingerprint density at radius 3 is 2.59 bits per heavy atom. The van der Waals surface area contributed by atoms with Crippen LogP contribution in [0.25, 0.3) is 0 Å². The SMILES string of the molecule is C=CC(=O)Nc1ccccc1Nc1nc(Nc2ccc(N3CCOCC3)cc2OC)ncc1C(C)=NC. The fraction of sp³-hybridized carbons (Fsp3) is 0.259. The lowest BCUT2D eigenvalue weighted by Gasteiger charge is -2.29. The minimum atomic E-state index is -0.307. The number of benzene rings is 2. The number of nitrogens with zero attached hydrogens (tertiary/aromatic N) is 4. The van der Waals surface area contributed by atoms with Gasteiger partial charge in [0.1, 0.15) is 11.6 Å². The first-order valence-corrected chi connectivity index (χ1v) is 11.9. The van der Waals surface area contributed by atoms with Crippen LogP contribution in [0, 0.1) is 0 Å². The van der Waals surface area contributed by atoms with Crippen LogP contribution in [0.3, 0.4) is 0 Å². The molecule has 1 fully saturated rings. The number of hydrogen-bond acceptors (Lipinski definition) is 9. The van der Waals surface area contributed by atoms with Gasteiger partial charge in [-0.05, 0) is 37.3 Å². The minimum Gasteiger partial charge on any atom is -0.494 e. The number of hydrogen-bond donors (Lipinski definition) is 3. The van der Waals surface area contributed by atoms with Crippen molar-refractivity contribution in [2.45, 2.75) is 6.92 Å². The van der Waals surface area contributed by atoms with Gasteiger partial charge in [0.2, 0.25) is 11.9 Å². The predicted octanol–water partition coefficient (Wildman–Crippen LogP) is 4.37. The van der Waals surface area contributed by atoms with E-state index in [9.17, 15) is 4.79 Å². The molecule has 1 aliphatic rings. The summed E-state index contributed by atoms with van der Waals surface area (Å²) in [4.78, 5) is 27.7. The number of nitrogens with one attached hydrogen (secondary N) is 3. The number of methoxy groups -OCH3 is 1. The highest BCUT2D eigenvalue weighted by Crippen LogP contribution is 2.33. The largest absolute Gasteiger partial charge is 0.494 e. The van der Waals surface area contributed by atoms with Crippen molar-refractivity contribution in [3.8, 4) is 5.75 Å². The van der Waals surface area contributed by atoms with E-state index >= 15 is 0 Å².